The summed E-state index contributed by atoms with van der Waals surface area (Å²) in [4.78, 5) is 14.8. The maximum Gasteiger partial charge on any atom is 0.237 e. The van der Waals surface area contributed by atoms with E-state index in [0.717, 1.165) is 19.4 Å². The maximum absolute atomic E-state index is 12.4. The number of carbonyl (C=O) groups excluding carboxylic acids is 1. The second-order valence-corrected chi connectivity index (χ2v) is 6.00. The highest BCUT2D eigenvalue weighted by molar-refractivity contribution is 5.82. The lowest BCUT2D eigenvalue weighted by Crippen LogP contribution is -2.49. The van der Waals surface area contributed by atoms with Gasteiger partial charge in [0.25, 0.3) is 0 Å². The van der Waals surface area contributed by atoms with Gasteiger partial charge in [-0.15, -0.1) is 0 Å². The van der Waals surface area contributed by atoms with Crippen molar-refractivity contribution in [3.05, 3.63) is 0 Å². The van der Waals surface area contributed by atoms with E-state index in [4.69, 9.17) is 0 Å². The average Bonchev–Trinajstić information content (AvgIpc) is 2.88. The SMILES string of the molecule is CCC(C)N1CCC[C@@H]1C(=O)NC1CCCCC1. The fourth-order valence-electron chi connectivity index (χ4n) is 3.38. The van der Waals surface area contributed by atoms with Crippen LogP contribution in [0, 0.1) is 0 Å². The van der Waals surface area contributed by atoms with Gasteiger partial charge in [0, 0.05) is 12.1 Å². The monoisotopic (exact) mass is 252 g/mol. The van der Waals surface area contributed by atoms with Gasteiger partial charge in [-0.05, 0) is 45.6 Å². The summed E-state index contributed by atoms with van der Waals surface area (Å²) in [6.07, 6.45) is 9.62. The van der Waals surface area contributed by atoms with Crippen molar-refractivity contribution in [2.45, 2.75) is 83.3 Å². The van der Waals surface area contributed by atoms with Gasteiger partial charge in [0.05, 0.1) is 6.04 Å². The van der Waals surface area contributed by atoms with E-state index < -0.39 is 0 Å². The van der Waals surface area contributed by atoms with Crippen LogP contribution >= 0.6 is 0 Å². The molecule has 0 aromatic rings. The third kappa shape index (κ3) is 3.25. The number of hydrogen-bond donors (Lipinski definition) is 1. The molecule has 1 amide bonds. The standard InChI is InChI=1S/C15H28N2O/c1-3-12(2)17-11-7-10-14(17)15(18)16-13-8-5-4-6-9-13/h12-14H,3-11H2,1-2H3,(H,16,18)/t12?,14-/m1/s1. The van der Waals surface area contributed by atoms with E-state index in [2.05, 4.69) is 24.1 Å². The molecular formula is C15H28N2O. The third-order valence-corrected chi connectivity index (χ3v) is 4.71. The molecule has 1 unspecified atom stereocenters. The maximum atomic E-state index is 12.4. The Kier molecular flexibility index (Phi) is 5.04. The van der Waals surface area contributed by atoms with Crippen LogP contribution in [-0.4, -0.2) is 35.5 Å². The number of amides is 1. The second-order valence-electron chi connectivity index (χ2n) is 6.00. The predicted molar refractivity (Wildman–Crippen MR) is 74.5 cm³/mol. The molecule has 1 aliphatic carbocycles. The Morgan fingerprint density at radius 2 is 1.94 bits per heavy atom. The highest BCUT2D eigenvalue weighted by atomic mass is 16.2. The third-order valence-electron chi connectivity index (χ3n) is 4.71. The molecule has 2 aliphatic rings. The van der Waals surface area contributed by atoms with Gasteiger partial charge in [0.2, 0.25) is 5.91 Å². The fraction of sp³-hybridized carbons (Fsp3) is 0.933. The number of hydrogen-bond acceptors (Lipinski definition) is 2. The molecule has 0 aromatic carbocycles. The Bertz CT molecular complexity index is 274. The lowest BCUT2D eigenvalue weighted by atomic mass is 9.95. The fourth-order valence-corrected chi connectivity index (χ4v) is 3.38. The van der Waals surface area contributed by atoms with E-state index in [1.807, 2.05) is 0 Å². The van der Waals surface area contributed by atoms with Gasteiger partial charge in [0.15, 0.2) is 0 Å². The smallest absolute Gasteiger partial charge is 0.237 e. The molecule has 104 valence electrons. The minimum absolute atomic E-state index is 0.141. The topological polar surface area (TPSA) is 32.3 Å². The molecule has 3 heteroatoms. The minimum Gasteiger partial charge on any atom is -0.352 e. The van der Waals surface area contributed by atoms with Crippen LogP contribution in [0.15, 0.2) is 0 Å². The van der Waals surface area contributed by atoms with E-state index >= 15 is 0 Å². The molecule has 0 radical (unpaired) electrons. The van der Waals surface area contributed by atoms with Crippen LogP contribution in [0.5, 0.6) is 0 Å². The zero-order chi connectivity index (χ0) is 13.0. The van der Waals surface area contributed by atoms with Crippen LogP contribution < -0.4 is 5.32 Å². The van der Waals surface area contributed by atoms with E-state index in [0.29, 0.717) is 18.0 Å². The van der Waals surface area contributed by atoms with E-state index in [9.17, 15) is 4.79 Å². The summed E-state index contributed by atoms with van der Waals surface area (Å²) in [6.45, 7) is 5.54. The van der Waals surface area contributed by atoms with Gasteiger partial charge in [-0.25, -0.2) is 0 Å². The highest BCUT2D eigenvalue weighted by Gasteiger charge is 2.33. The molecule has 2 fully saturated rings. The summed E-state index contributed by atoms with van der Waals surface area (Å²) in [6, 6.07) is 1.13. The minimum atomic E-state index is 0.141. The van der Waals surface area contributed by atoms with Crippen molar-refractivity contribution in [3.8, 4) is 0 Å². The lowest BCUT2D eigenvalue weighted by molar-refractivity contribution is -0.127. The highest BCUT2D eigenvalue weighted by Crippen LogP contribution is 2.23. The van der Waals surface area contributed by atoms with Crippen LogP contribution in [0.3, 0.4) is 0 Å². The Morgan fingerprint density at radius 1 is 1.22 bits per heavy atom. The first kappa shape index (κ1) is 13.9. The molecule has 0 spiro atoms. The van der Waals surface area contributed by atoms with Crippen molar-refractivity contribution in [1.82, 2.24) is 10.2 Å². The van der Waals surface area contributed by atoms with Crippen LogP contribution in [0.1, 0.15) is 65.2 Å². The van der Waals surface area contributed by atoms with E-state index in [1.165, 1.54) is 38.5 Å². The lowest BCUT2D eigenvalue weighted by Gasteiger charge is -2.31. The molecule has 0 bridgehead atoms. The molecule has 3 nitrogen and oxygen atoms in total. The number of nitrogens with zero attached hydrogens (tertiary/aromatic N) is 1. The largest absolute Gasteiger partial charge is 0.352 e. The van der Waals surface area contributed by atoms with Gasteiger partial charge in [-0.3, -0.25) is 9.69 Å². The van der Waals surface area contributed by atoms with E-state index in [1.54, 1.807) is 0 Å². The molecular weight excluding hydrogens is 224 g/mol. The van der Waals surface area contributed by atoms with Crippen molar-refractivity contribution in [2.24, 2.45) is 0 Å². The Morgan fingerprint density at radius 3 is 2.61 bits per heavy atom. The second kappa shape index (κ2) is 6.55. The number of nitrogens with one attached hydrogen (secondary N) is 1. The Labute approximate surface area is 111 Å². The predicted octanol–water partition coefficient (Wildman–Crippen LogP) is 2.70. The van der Waals surface area contributed by atoms with Gasteiger partial charge < -0.3 is 5.32 Å². The average molecular weight is 252 g/mol. The van der Waals surface area contributed by atoms with Crippen LogP contribution in [-0.2, 0) is 4.79 Å². The molecule has 1 aliphatic heterocycles. The summed E-state index contributed by atoms with van der Waals surface area (Å²) in [5.41, 5.74) is 0. The summed E-state index contributed by atoms with van der Waals surface area (Å²) in [7, 11) is 0. The molecule has 18 heavy (non-hydrogen) atoms. The molecule has 1 N–H and O–H groups in total. The summed E-state index contributed by atoms with van der Waals surface area (Å²) in [5, 5.41) is 3.29. The van der Waals surface area contributed by atoms with Gasteiger partial charge in [0.1, 0.15) is 0 Å². The molecule has 0 aromatic heterocycles. The molecule has 2 rings (SSSR count). The van der Waals surface area contributed by atoms with Crippen molar-refractivity contribution in [2.75, 3.05) is 6.54 Å². The summed E-state index contributed by atoms with van der Waals surface area (Å²) >= 11 is 0. The molecule has 1 saturated heterocycles. The summed E-state index contributed by atoms with van der Waals surface area (Å²) < 4.78 is 0. The molecule has 1 heterocycles. The van der Waals surface area contributed by atoms with Crippen LogP contribution in [0.25, 0.3) is 0 Å². The van der Waals surface area contributed by atoms with Crippen molar-refractivity contribution in [3.63, 3.8) is 0 Å². The Balaban J connectivity index is 1.87. The molecule has 1 saturated carbocycles. The van der Waals surface area contributed by atoms with Gasteiger partial charge >= 0.3 is 0 Å². The van der Waals surface area contributed by atoms with Crippen molar-refractivity contribution in [1.29, 1.82) is 0 Å². The number of rotatable bonds is 4. The number of likely N-dealkylation sites (tertiary alicyclic amines) is 1. The first-order chi connectivity index (χ1) is 8.72. The van der Waals surface area contributed by atoms with Crippen molar-refractivity contribution >= 4 is 5.91 Å². The molecule has 2 atom stereocenters. The quantitative estimate of drug-likeness (QED) is 0.834. The Hall–Kier alpha value is -0.570. The summed E-state index contributed by atoms with van der Waals surface area (Å²) in [5.74, 6) is 0.291. The first-order valence-electron chi connectivity index (χ1n) is 7.78. The van der Waals surface area contributed by atoms with Gasteiger partial charge in [-0.1, -0.05) is 26.2 Å². The zero-order valence-corrected chi connectivity index (χ0v) is 12.0. The van der Waals surface area contributed by atoms with Crippen LogP contribution in [0.2, 0.25) is 0 Å². The van der Waals surface area contributed by atoms with Crippen molar-refractivity contribution < 1.29 is 4.79 Å². The van der Waals surface area contributed by atoms with E-state index in [-0.39, 0.29) is 6.04 Å². The first-order valence-corrected chi connectivity index (χ1v) is 7.78. The normalized spacial score (nSPS) is 28.2. The zero-order valence-electron chi connectivity index (χ0n) is 12.0. The number of carbonyl (C=O) groups is 1. The van der Waals surface area contributed by atoms with Gasteiger partial charge in [-0.2, -0.15) is 0 Å². The van der Waals surface area contributed by atoms with Crippen LogP contribution in [0.4, 0.5) is 0 Å².